The highest BCUT2D eigenvalue weighted by molar-refractivity contribution is 5.84. The number of rotatable bonds is 5. The molecule has 7 heteroatoms. The molecule has 34 heavy (non-hydrogen) atoms. The monoisotopic (exact) mass is 460 g/mol. The second kappa shape index (κ2) is 9.25. The summed E-state index contributed by atoms with van der Waals surface area (Å²) in [4.78, 5) is 22.2. The van der Waals surface area contributed by atoms with Crippen molar-refractivity contribution in [3.63, 3.8) is 0 Å². The quantitative estimate of drug-likeness (QED) is 0.429. The standard InChI is InChI=1S/C27H26F2N4O/c1-19(27(34)32-16-14-31(15-17-32)24-8-4-2-6-22(24)29)33-25-9-5-3-7-23(25)30-26(33)18-20-10-12-21(28)13-11-20/h2-13,19H,14-18H2,1H3. The molecule has 5 rings (SSSR count). The van der Waals surface area contributed by atoms with Crippen LogP contribution in [0.1, 0.15) is 24.4 Å². The van der Waals surface area contributed by atoms with E-state index in [1.54, 1.807) is 24.3 Å². The van der Waals surface area contributed by atoms with Gasteiger partial charge in [-0.15, -0.1) is 0 Å². The number of hydrogen-bond donors (Lipinski definition) is 0. The van der Waals surface area contributed by atoms with Crippen LogP contribution in [0.4, 0.5) is 14.5 Å². The summed E-state index contributed by atoms with van der Waals surface area (Å²) in [5.41, 5.74) is 3.22. The van der Waals surface area contributed by atoms with Gasteiger partial charge in [-0.3, -0.25) is 4.79 Å². The lowest BCUT2D eigenvalue weighted by Gasteiger charge is -2.37. The van der Waals surface area contributed by atoms with E-state index in [2.05, 4.69) is 0 Å². The van der Waals surface area contributed by atoms with Crippen LogP contribution in [0.2, 0.25) is 0 Å². The van der Waals surface area contributed by atoms with Gasteiger partial charge in [-0.25, -0.2) is 13.8 Å². The Kier molecular flexibility index (Phi) is 6.01. The fourth-order valence-electron chi connectivity index (χ4n) is 4.69. The summed E-state index contributed by atoms with van der Waals surface area (Å²) in [6.07, 6.45) is 0.494. The van der Waals surface area contributed by atoms with Crippen LogP contribution in [0.5, 0.6) is 0 Å². The van der Waals surface area contributed by atoms with E-state index in [9.17, 15) is 13.6 Å². The number of aromatic nitrogens is 2. The first-order valence-corrected chi connectivity index (χ1v) is 11.5. The van der Waals surface area contributed by atoms with E-state index >= 15 is 0 Å². The van der Waals surface area contributed by atoms with Crippen molar-refractivity contribution in [3.05, 3.63) is 95.8 Å². The van der Waals surface area contributed by atoms with Crippen LogP contribution in [-0.4, -0.2) is 46.5 Å². The van der Waals surface area contributed by atoms with E-state index in [4.69, 9.17) is 4.98 Å². The molecule has 4 aromatic rings. The number of halogens is 2. The van der Waals surface area contributed by atoms with Gasteiger partial charge in [0.25, 0.3) is 0 Å². The zero-order valence-corrected chi connectivity index (χ0v) is 19.0. The Bertz CT molecular complexity index is 1310. The van der Waals surface area contributed by atoms with Crippen molar-refractivity contribution in [1.82, 2.24) is 14.5 Å². The maximum absolute atomic E-state index is 14.2. The molecule has 3 aromatic carbocycles. The Morgan fingerprint density at radius 3 is 2.32 bits per heavy atom. The summed E-state index contributed by atoms with van der Waals surface area (Å²) in [5.74, 6) is 0.247. The molecule has 0 saturated carbocycles. The Morgan fingerprint density at radius 1 is 0.912 bits per heavy atom. The van der Waals surface area contributed by atoms with Gasteiger partial charge in [-0.05, 0) is 48.9 Å². The van der Waals surface area contributed by atoms with Crippen molar-refractivity contribution in [2.24, 2.45) is 0 Å². The number of nitrogens with zero attached hydrogens (tertiary/aromatic N) is 4. The maximum Gasteiger partial charge on any atom is 0.245 e. The molecule has 1 unspecified atom stereocenters. The normalized spacial score (nSPS) is 15.0. The Labute approximate surface area is 197 Å². The predicted molar refractivity (Wildman–Crippen MR) is 129 cm³/mol. The lowest BCUT2D eigenvalue weighted by Crippen LogP contribution is -2.50. The molecule has 1 fully saturated rings. The molecule has 0 bridgehead atoms. The number of carbonyl (C=O) groups is 1. The minimum atomic E-state index is -0.456. The summed E-state index contributed by atoms with van der Waals surface area (Å²) < 4.78 is 29.5. The Balaban J connectivity index is 1.37. The number of piperazine rings is 1. The minimum absolute atomic E-state index is 0.0108. The van der Waals surface area contributed by atoms with Crippen molar-refractivity contribution < 1.29 is 13.6 Å². The molecule has 1 amide bonds. The van der Waals surface area contributed by atoms with Gasteiger partial charge < -0.3 is 14.4 Å². The Morgan fingerprint density at radius 2 is 1.59 bits per heavy atom. The summed E-state index contributed by atoms with van der Waals surface area (Å²) in [6.45, 7) is 4.10. The third kappa shape index (κ3) is 4.25. The fraction of sp³-hybridized carbons (Fsp3) is 0.259. The summed E-state index contributed by atoms with van der Waals surface area (Å²) >= 11 is 0. The number of fused-ring (bicyclic) bond motifs is 1. The van der Waals surface area contributed by atoms with E-state index in [0.29, 0.717) is 38.3 Å². The SMILES string of the molecule is CC(C(=O)N1CCN(c2ccccc2F)CC1)n1c(Cc2ccc(F)cc2)nc2ccccc21. The van der Waals surface area contributed by atoms with Crippen molar-refractivity contribution >= 4 is 22.6 Å². The molecule has 0 N–H and O–H groups in total. The number of carbonyl (C=O) groups excluding carboxylic acids is 1. The van der Waals surface area contributed by atoms with Crippen molar-refractivity contribution in [1.29, 1.82) is 0 Å². The van der Waals surface area contributed by atoms with Gasteiger partial charge in [-0.2, -0.15) is 0 Å². The molecule has 1 saturated heterocycles. The van der Waals surface area contributed by atoms with Gasteiger partial charge in [-0.1, -0.05) is 36.4 Å². The van der Waals surface area contributed by atoms with Crippen LogP contribution in [0, 0.1) is 11.6 Å². The van der Waals surface area contributed by atoms with Crippen LogP contribution in [0.15, 0.2) is 72.8 Å². The largest absolute Gasteiger partial charge is 0.366 e. The number of amides is 1. The van der Waals surface area contributed by atoms with Crippen LogP contribution in [0.25, 0.3) is 11.0 Å². The lowest BCUT2D eigenvalue weighted by molar-refractivity contribution is -0.134. The fourth-order valence-corrected chi connectivity index (χ4v) is 4.69. The molecular weight excluding hydrogens is 434 g/mol. The molecule has 2 heterocycles. The van der Waals surface area contributed by atoms with Crippen molar-refractivity contribution in [3.8, 4) is 0 Å². The lowest BCUT2D eigenvalue weighted by atomic mass is 10.1. The minimum Gasteiger partial charge on any atom is -0.366 e. The number of para-hydroxylation sites is 3. The molecule has 1 aliphatic rings. The highest BCUT2D eigenvalue weighted by atomic mass is 19.1. The van der Waals surface area contributed by atoms with E-state index in [1.807, 2.05) is 51.6 Å². The first-order valence-electron chi connectivity index (χ1n) is 11.5. The van der Waals surface area contributed by atoms with E-state index in [0.717, 1.165) is 22.4 Å². The van der Waals surface area contributed by atoms with Gasteiger partial charge in [0.05, 0.1) is 16.7 Å². The molecule has 0 spiro atoms. The molecule has 0 aliphatic carbocycles. The summed E-state index contributed by atoms with van der Waals surface area (Å²) in [7, 11) is 0. The zero-order valence-electron chi connectivity index (χ0n) is 19.0. The van der Waals surface area contributed by atoms with E-state index in [1.165, 1.54) is 18.2 Å². The topological polar surface area (TPSA) is 41.4 Å². The molecule has 174 valence electrons. The van der Waals surface area contributed by atoms with Gasteiger partial charge in [0.15, 0.2) is 0 Å². The molecular formula is C27H26F2N4O. The summed E-state index contributed by atoms with van der Waals surface area (Å²) in [6, 6.07) is 20.4. The number of imidazole rings is 1. The van der Waals surface area contributed by atoms with Crippen molar-refractivity contribution in [2.75, 3.05) is 31.1 Å². The van der Waals surface area contributed by atoms with E-state index in [-0.39, 0.29) is 17.5 Å². The van der Waals surface area contributed by atoms with Crippen LogP contribution >= 0.6 is 0 Å². The van der Waals surface area contributed by atoms with Gasteiger partial charge in [0.2, 0.25) is 5.91 Å². The average Bonchev–Trinajstić information content (AvgIpc) is 3.23. The number of hydrogen-bond acceptors (Lipinski definition) is 3. The first-order chi connectivity index (χ1) is 16.5. The third-order valence-electron chi connectivity index (χ3n) is 6.47. The first kappa shape index (κ1) is 22.1. The molecule has 1 atom stereocenters. The van der Waals surface area contributed by atoms with Crippen LogP contribution in [0.3, 0.4) is 0 Å². The van der Waals surface area contributed by atoms with Crippen molar-refractivity contribution in [2.45, 2.75) is 19.4 Å². The second-order valence-electron chi connectivity index (χ2n) is 8.63. The average molecular weight is 461 g/mol. The Hall–Kier alpha value is -3.74. The molecule has 0 radical (unpaired) electrons. The van der Waals surface area contributed by atoms with Gasteiger partial charge >= 0.3 is 0 Å². The van der Waals surface area contributed by atoms with E-state index < -0.39 is 6.04 Å². The highest BCUT2D eigenvalue weighted by Crippen LogP contribution is 2.26. The van der Waals surface area contributed by atoms with Gasteiger partial charge in [0, 0.05) is 32.6 Å². The second-order valence-corrected chi connectivity index (χ2v) is 8.63. The zero-order chi connectivity index (χ0) is 23.7. The van der Waals surface area contributed by atoms with Crippen LogP contribution < -0.4 is 4.90 Å². The van der Waals surface area contributed by atoms with Gasteiger partial charge in [0.1, 0.15) is 23.5 Å². The predicted octanol–water partition coefficient (Wildman–Crippen LogP) is 4.82. The molecule has 1 aliphatic heterocycles. The molecule has 1 aromatic heterocycles. The maximum atomic E-state index is 14.2. The highest BCUT2D eigenvalue weighted by Gasteiger charge is 2.29. The third-order valence-corrected chi connectivity index (χ3v) is 6.47. The number of benzene rings is 3. The smallest absolute Gasteiger partial charge is 0.245 e. The van der Waals surface area contributed by atoms with Crippen LogP contribution in [-0.2, 0) is 11.2 Å². The number of anilines is 1. The molecule has 5 nitrogen and oxygen atoms in total. The summed E-state index contributed by atoms with van der Waals surface area (Å²) in [5, 5.41) is 0.